The monoisotopic (exact) mass is 473 g/mol. The van der Waals surface area contributed by atoms with Gasteiger partial charge in [-0.25, -0.2) is 0 Å². The van der Waals surface area contributed by atoms with Crippen molar-refractivity contribution in [1.29, 1.82) is 0 Å². The molecular formula is C29H31NO5. The number of aryl methyl sites for hydroxylation is 3. The Morgan fingerprint density at radius 1 is 0.800 bits per heavy atom. The molecule has 182 valence electrons. The number of carbonyl (C=O) groups is 3. The Bertz CT molecular complexity index is 1180. The fourth-order valence-corrected chi connectivity index (χ4v) is 3.40. The van der Waals surface area contributed by atoms with Crippen LogP contribution >= 0.6 is 0 Å². The van der Waals surface area contributed by atoms with Crippen molar-refractivity contribution in [3.63, 3.8) is 0 Å². The summed E-state index contributed by atoms with van der Waals surface area (Å²) < 4.78 is 11.1. The summed E-state index contributed by atoms with van der Waals surface area (Å²) in [6, 6.07) is 20.1. The van der Waals surface area contributed by atoms with Gasteiger partial charge in [-0.15, -0.1) is 0 Å². The van der Waals surface area contributed by atoms with Gasteiger partial charge in [0.15, 0.2) is 6.10 Å². The van der Waals surface area contributed by atoms with E-state index in [-0.39, 0.29) is 24.5 Å². The number of ether oxygens (including phenoxy) is 2. The Morgan fingerprint density at radius 2 is 1.46 bits per heavy atom. The van der Waals surface area contributed by atoms with Crippen LogP contribution in [0.25, 0.3) is 0 Å². The number of hydrogen-bond acceptors (Lipinski definition) is 5. The van der Waals surface area contributed by atoms with Crippen molar-refractivity contribution in [2.45, 2.75) is 53.1 Å². The summed E-state index contributed by atoms with van der Waals surface area (Å²) in [5.74, 6) is 0.471. The molecule has 0 fully saturated rings. The van der Waals surface area contributed by atoms with E-state index in [2.05, 4.69) is 5.32 Å². The van der Waals surface area contributed by atoms with Crippen LogP contribution in [0.2, 0.25) is 0 Å². The van der Waals surface area contributed by atoms with E-state index in [1.54, 1.807) is 43.3 Å². The fourth-order valence-electron chi connectivity index (χ4n) is 3.40. The average Bonchev–Trinajstić information content (AvgIpc) is 2.82. The number of carbonyl (C=O) groups excluding carboxylic acids is 3. The summed E-state index contributed by atoms with van der Waals surface area (Å²) in [6.07, 6.45) is -0.328. The molecule has 1 unspecified atom stereocenters. The Morgan fingerprint density at radius 3 is 2.11 bits per heavy atom. The predicted molar refractivity (Wildman–Crippen MR) is 136 cm³/mol. The van der Waals surface area contributed by atoms with Gasteiger partial charge < -0.3 is 14.8 Å². The van der Waals surface area contributed by atoms with Gasteiger partial charge >= 0.3 is 5.97 Å². The Kier molecular flexibility index (Phi) is 8.79. The lowest BCUT2D eigenvalue weighted by atomic mass is 10.1. The molecule has 6 heteroatoms. The van der Waals surface area contributed by atoms with Gasteiger partial charge in [-0.05, 0) is 81.6 Å². The van der Waals surface area contributed by atoms with Crippen molar-refractivity contribution in [2.75, 3.05) is 5.32 Å². The fraction of sp³-hybridized carbons (Fsp3) is 0.276. The molecule has 0 aliphatic rings. The molecule has 0 spiro atoms. The molecular weight excluding hydrogens is 442 g/mol. The number of amides is 1. The quantitative estimate of drug-likeness (QED) is 0.275. The summed E-state index contributed by atoms with van der Waals surface area (Å²) in [7, 11) is 0. The Hall–Kier alpha value is -3.93. The smallest absolute Gasteiger partial charge is 0.306 e. The highest BCUT2D eigenvalue weighted by Gasteiger charge is 2.19. The summed E-state index contributed by atoms with van der Waals surface area (Å²) >= 11 is 0. The molecule has 6 nitrogen and oxygen atoms in total. The lowest BCUT2D eigenvalue weighted by Gasteiger charge is -2.12. The zero-order valence-corrected chi connectivity index (χ0v) is 20.6. The second-order valence-electron chi connectivity index (χ2n) is 8.64. The minimum absolute atomic E-state index is 0.0572. The van der Waals surface area contributed by atoms with Gasteiger partial charge in [0, 0.05) is 24.1 Å². The van der Waals surface area contributed by atoms with Crippen LogP contribution in [0, 0.1) is 20.8 Å². The van der Waals surface area contributed by atoms with Crippen molar-refractivity contribution < 1.29 is 23.9 Å². The summed E-state index contributed by atoms with van der Waals surface area (Å²) in [5.41, 5.74) is 4.55. The van der Waals surface area contributed by atoms with E-state index < -0.39 is 12.1 Å². The first-order chi connectivity index (χ1) is 16.7. The predicted octanol–water partition coefficient (Wildman–Crippen LogP) is 6.33. The van der Waals surface area contributed by atoms with E-state index >= 15 is 0 Å². The molecule has 0 aromatic heterocycles. The maximum atomic E-state index is 12.4. The number of rotatable bonds is 10. The van der Waals surface area contributed by atoms with Crippen LogP contribution in [0.5, 0.6) is 11.5 Å². The van der Waals surface area contributed by atoms with Crippen molar-refractivity contribution in [3.8, 4) is 11.5 Å². The number of anilines is 1. The van der Waals surface area contributed by atoms with Crippen LogP contribution < -0.4 is 10.1 Å². The van der Waals surface area contributed by atoms with Crippen LogP contribution in [0.15, 0.2) is 66.7 Å². The van der Waals surface area contributed by atoms with Crippen molar-refractivity contribution in [2.24, 2.45) is 0 Å². The van der Waals surface area contributed by atoms with Gasteiger partial charge in [-0.1, -0.05) is 35.9 Å². The molecule has 1 N–H and O–H groups in total. The number of hydrogen-bond donors (Lipinski definition) is 1. The van der Waals surface area contributed by atoms with Crippen LogP contribution in [-0.2, 0) is 14.3 Å². The van der Waals surface area contributed by atoms with Crippen LogP contribution in [0.3, 0.4) is 0 Å². The first-order valence-corrected chi connectivity index (χ1v) is 11.7. The first-order valence-electron chi connectivity index (χ1n) is 11.7. The molecule has 35 heavy (non-hydrogen) atoms. The molecule has 3 aromatic rings. The van der Waals surface area contributed by atoms with E-state index in [4.69, 9.17) is 9.47 Å². The summed E-state index contributed by atoms with van der Waals surface area (Å²) in [5, 5.41) is 2.81. The molecule has 0 aliphatic heterocycles. The third-order valence-electron chi connectivity index (χ3n) is 5.65. The van der Waals surface area contributed by atoms with Crippen molar-refractivity contribution >= 4 is 23.3 Å². The van der Waals surface area contributed by atoms with E-state index in [0.29, 0.717) is 23.4 Å². The van der Waals surface area contributed by atoms with Gasteiger partial charge in [0.05, 0.1) is 0 Å². The van der Waals surface area contributed by atoms with E-state index in [9.17, 15) is 14.4 Å². The lowest BCUT2D eigenvalue weighted by molar-refractivity contribution is -0.146. The van der Waals surface area contributed by atoms with Crippen LogP contribution in [0.4, 0.5) is 5.69 Å². The minimum atomic E-state index is -0.872. The zero-order chi connectivity index (χ0) is 25.4. The summed E-state index contributed by atoms with van der Waals surface area (Å²) in [4.78, 5) is 36.7. The highest BCUT2D eigenvalue weighted by Crippen LogP contribution is 2.25. The second-order valence-corrected chi connectivity index (χ2v) is 8.64. The highest BCUT2D eigenvalue weighted by atomic mass is 16.5. The molecule has 1 amide bonds. The Labute approximate surface area is 206 Å². The molecule has 3 rings (SSSR count). The van der Waals surface area contributed by atoms with Crippen LogP contribution in [-0.4, -0.2) is 23.8 Å². The van der Waals surface area contributed by atoms with E-state index in [1.165, 1.54) is 5.56 Å². The number of esters is 1. The second kappa shape index (κ2) is 12.0. The van der Waals surface area contributed by atoms with Gasteiger partial charge in [0.25, 0.3) is 0 Å². The SMILES string of the molecule is Cc1ccc(C(=O)C(C)OC(=O)CCCC(=O)Nc2ccc(Oc3ccc(C)c(C)c3)cc2)cc1. The molecule has 0 radical (unpaired) electrons. The third-order valence-corrected chi connectivity index (χ3v) is 5.65. The van der Waals surface area contributed by atoms with Gasteiger partial charge in [-0.3, -0.25) is 14.4 Å². The van der Waals surface area contributed by atoms with E-state index in [1.807, 2.05) is 51.1 Å². The molecule has 0 saturated carbocycles. The Balaban J connectivity index is 1.39. The average molecular weight is 474 g/mol. The normalized spacial score (nSPS) is 11.4. The number of ketones is 1. The number of benzene rings is 3. The number of nitrogens with one attached hydrogen (secondary N) is 1. The van der Waals surface area contributed by atoms with Gasteiger partial charge in [-0.2, -0.15) is 0 Å². The maximum Gasteiger partial charge on any atom is 0.306 e. The molecule has 0 saturated heterocycles. The number of Topliss-reactive ketones (excluding diaryl/α,β-unsaturated/α-hetero) is 1. The first kappa shape index (κ1) is 25.7. The standard InChI is InChI=1S/C29H31NO5/c1-19-8-11-23(12-9-19)29(33)22(4)34-28(32)7-5-6-27(31)30-24-13-16-25(17-14-24)35-26-15-10-20(2)21(3)18-26/h8-18,22H,5-7H2,1-4H3,(H,30,31). The zero-order valence-electron chi connectivity index (χ0n) is 20.6. The van der Waals surface area contributed by atoms with E-state index in [0.717, 1.165) is 16.9 Å². The molecule has 0 aliphatic carbocycles. The lowest BCUT2D eigenvalue weighted by Crippen LogP contribution is -2.24. The molecule has 3 aromatic carbocycles. The van der Waals surface area contributed by atoms with Crippen LogP contribution in [0.1, 0.15) is 53.2 Å². The molecule has 1 atom stereocenters. The largest absolute Gasteiger partial charge is 0.457 e. The highest BCUT2D eigenvalue weighted by molar-refractivity contribution is 6.00. The van der Waals surface area contributed by atoms with Gasteiger partial charge in [0.1, 0.15) is 11.5 Å². The molecule has 0 bridgehead atoms. The van der Waals surface area contributed by atoms with Gasteiger partial charge in [0.2, 0.25) is 11.7 Å². The summed E-state index contributed by atoms with van der Waals surface area (Å²) in [6.45, 7) is 7.57. The third kappa shape index (κ3) is 7.81. The molecule has 0 heterocycles. The topological polar surface area (TPSA) is 81.7 Å². The van der Waals surface area contributed by atoms with Crippen molar-refractivity contribution in [3.05, 3.63) is 89.0 Å². The van der Waals surface area contributed by atoms with Crippen molar-refractivity contribution in [1.82, 2.24) is 0 Å². The maximum absolute atomic E-state index is 12.4. The minimum Gasteiger partial charge on any atom is -0.457 e.